The highest BCUT2D eigenvalue weighted by molar-refractivity contribution is 6.12. The third-order valence-electron chi connectivity index (χ3n) is 2.92. The second-order valence-electron chi connectivity index (χ2n) is 4.34. The van der Waals surface area contributed by atoms with Gasteiger partial charge >= 0.3 is 0 Å². The number of terminal acetylenes is 1. The van der Waals surface area contributed by atoms with Crippen molar-refractivity contribution in [2.24, 2.45) is 0 Å². The first kappa shape index (κ1) is 15.3. The Bertz CT molecular complexity index is 743. The molecule has 0 saturated heterocycles. The molecule has 0 bridgehead atoms. The van der Waals surface area contributed by atoms with E-state index in [-0.39, 0.29) is 28.4 Å². The Kier molecular flexibility index (Phi) is 4.54. The highest BCUT2D eigenvalue weighted by atomic mass is 16.5. The van der Waals surface area contributed by atoms with Crippen molar-refractivity contribution in [3.63, 3.8) is 0 Å². The number of phenols is 2. The summed E-state index contributed by atoms with van der Waals surface area (Å²) in [5.74, 6) is -0.332. The van der Waals surface area contributed by atoms with E-state index in [2.05, 4.69) is 0 Å². The van der Waals surface area contributed by atoms with Crippen LogP contribution in [0.4, 0.5) is 0 Å². The van der Waals surface area contributed by atoms with Gasteiger partial charge in [0.2, 0.25) is 0 Å². The first-order valence-electron chi connectivity index (χ1n) is 6.52. The molecule has 0 aliphatic rings. The van der Waals surface area contributed by atoms with Crippen LogP contribution in [0.2, 0.25) is 0 Å². The minimum atomic E-state index is -0.523. The summed E-state index contributed by atoms with van der Waals surface area (Å²) in [4.78, 5) is 12.4. The van der Waals surface area contributed by atoms with Crippen molar-refractivity contribution in [3.8, 4) is 35.5 Å². The third kappa shape index (κ3) is 3.13. The van der Waals surface area contributed by atoms with Gasteiger partial charge in [-0.2, -0.15) is 0 Å². The molecule has 0 aromatic heterocycles. The van der Waals surface area contributed by atoms with Crippen LogP contribution in [0.3, 0.4) is 0 Å². The van der Waals surface area contributed by atoms with E-state index in [1.54, 1.807) is 6.07 Å². The SMILES string of the molecule is C#COc1ccc(C(=O)c2ccc(OCC)cc2O)c(O)c1. The first-order chi connectivity index (χ1) is 10.6. The van der Waals surface area contributed by atoms with Gasteiger partial charge in [0.1, 0.15) is 29.1 Å². The van der Waals surface area contributed by atoms with Crippen molar-refractivity contribution in [2.45, 2.75) is 6.92 Å². The van der Waals surface area contributed by atoms with Gasteiger partial charge < -0.3 is 19.7 Å². The molecular formula is C17H14O5. The molecule has 0 unspecified atom stereocenters. The van der Waals surface area contributed by atoms with Crippen LogP contribution in [0.25, 0.3) is 0 Å². The Morgan fingerprint density at radius 3 is 2.14 bits per heavy atom. The van der Waals surface area contributed by atoms with E-state index in [9.17, 15) is 15.0 Å². The third-order valence-corrected chi connectivity index (χ3v) is 2.92. The van der Waals surface area contributed by atoms with Gasteiger partial charge in [0.15, 0.2) is 5.78 Å². The molecule has 2 rings (SSSR count). The van der Waals surface area contributed by atoms with E-state index in [1.807, 2.05) is 13.0 Å². The van der Waals surface area contributed by atoms with Gasteiger partial charge in [0.05, 0.1) is 17.7 Å². The van der Waals surface area contributed by atoms with E-state index >= 15 is 0 Å². The molecule has 0 amide bonds. The van der Waals surface area contributed by atoms with E-state index in [0.717, 1.165) is 0 Å². The predicted molar refractivity (Wildman–Crippen MR) is 80.3 cm³/mol. The molecule has 112 valence electrons. The van der Waals surface area contributed by atoms with Crippen molar-refractivity contribution in [3.05, 3.63) is 47.5 Å². The van der Waals surface area contributed by atoms with Gasteiger partial charge in [0, 0.05) is 12.1 Å². The number of rotatable bonds is 5. The van der Waals surface area contributed by atoms with Crippen LogP contribution in [-0.4, -0.2) is 22.6 Å². The second kappa shape index (κ2) is 6.55. The lowest BCUT2D eigenvalue weighted by atomic mass is 10.0. The van der Waals surface area contributed by atoms with Crippen LogP contribution >= 0.6 is 0 Å². The van der Waals surface area contributed by atoms with Crippen LogP contribution in [0.5, 0.6) is 23.0 Å². The maximum Gasteiger partial charge on any atom is 0.200 e. The van der Waals surface area contributed by atoms with Gasteiger partial charge in [-0.15, -0.1) is 0 Å². The topological polar surface area (TPSA) is 76.0 Å². The average molecular weight is 298 g/mol. The predicted octanol–water partition coefficient (Wildman–Crippen LogP) is 2.70. The first-order valence-corrected chi connectivity index (χ1v) is 6.52. The number of ether oxygens (including phenoxy) is 2. The Hall–Kier alpha value is -3.13. The van der Waals surface area contributed by atoms with Crippen LogP contribution < -0.4 is 9.47 Å². The Labute approximate surface area is 127 Å². The van der Waals surface area contributed by atoms with Crippen LogP contribution in [0.15, 0.2) is 36.4 Å². The zero-order valence-corrected chi connectivity index (χ0v) is 11.9. The van der Waals surface area contributed by atoms with Gasteiger partial charge in [-0.25, -0.2) is 0 Å². The standard InChI is InChI=1S/C17H14O5/c1-3-21-11-5-7-13(15(18)9-11)17(20)14-8-6-12(22-4-2)10-16(14)19/h1,5-10,18-19H,4H2,2H3. The lowest BCUT2D eigenvalue weighted by Gasteiger charge is -2.09. The zero-order chi connectivity index (χ0) is 16.1. The molecular weight excluding hydrogens is 284 g/mol. The number of aromatic hydroxyl groups is 2. The van der Waals surface area contributed by atoms with Crippen molar-refractivity contribution < 1.29 is 24.5 Å². The fourth-order valence-electron chi connectivity index (χ4n) is 1.94. The van der Waals surface area contributed by atoms with E-state index in [0.29, 0.717) is 12.4 Å². The number of hydrogen-bond donors (Lipinski definition) is 2. The van der Waals surface area contributed by atoms with Crippen LogP contribution in [-0.2, 0) is 0 Å². The molecule has 0 atom stereocenters. The summed E-state index contributed by atoms with van der Waals surface area (Å²) in [6, 6.07) is 8.43. The molecule has 22 heavy (non-hydrogen) atoms. The van der Waals surface area contributed by atoms with Crippen molar-refractivity contribution in [2.75, 3.05) is 6.61 Å². The van der Waals surface area contributed by atoms with Crippen LogP contribution in [0, 0.1) is 12.5 Å². The zero-order valence-electron chi connectivity index (χ0n) is 11.9. The van der Waals surface area contributed by atoms with E-state index in [4.69, 9.17) is 15.9 Å². The lowest BCUT2D eigenvalue weighted by molar-refractivity contribution is 0.103. The number of carbonyl (C=O) groups excluding carboxylic acids is 1. The summed E-state index contributed by atoms with van der Waals surface area (Å²) in [7, 11) is 0. The fraction of sp³-hybridized carbons (Fsp3) is 0.118. The Morgan fingerprint density at radius 2 is 1.64 bits per heavy atom. The molecule has 2 aromatic rings. The number of ketones is 1. The molecule has 0 spiro atoms. The van der Waals surface area contributed by atoms with Crippen LogP contribution in [0.1, 0.15) is 22.8 Å². The number of phenolic OH excluding ortho intramolecular Hbond substituents is 2. The molecule has 0 aliphatic carbocycles. The molecule has 0 fully saturated rings. The number of benzene rings is 2. The molecule has 0 heterocycles. The van der Waals surface area contributed by atoms with E-state index < -0.39 is 5.78 Å². The summed E-state index contributed by atoms with van der Waals surface area (Å²) < 4.78 is 10.0. The highest BCUT2D eigenvalue weighted by Crippen LogP contribution is 2.30. The number of hydrogen-bond acceptors (Lipinski definition) is 5. The molecule has 2 N–H and O–H groups in total. The summed E-state index contributed by atoms with van der Waals surface area (Å²) in [5.41, 5.74) is 0.0909. The normalized spacial score (nSPS) is 9.82. The van der Waals surface area contributed by atoms with Crippen molar-refractivity contribution in [1.29, 1.82) is 0 Å². The lowest BCUT2D eigenvalue weighted by Crippen LogP contribution is -2.03. The molecule has 5 nitrogen and oxygen atoms in total. The van der Waals surface area contributed by atoms with Gasteiger partial charge in [-0.05, 0) is 31.2 Å². The minimum absolute atomic E-state index is 0.0313. The van der Waals surface area contributed by atoms with Gasteiger partial charge in [0.25, 0.3) is 0 Å². The Morgan fingerprint density at radius 1 is 1.09 bits per heavy atom. The largest absolute Gasteiger partial charge is 0.507 e. The van der Waals surface area contributed by atoms with E-state index in [1.165, 1.54) is 30.3 Å². The smallest absolute Gasteiger partial charge is 0.200 e. The van der Waals surface area contributed by atoms with Gasteiger partial charge in [-0.1, -0.05) is 6.42 Å². The summed E-state index contributed by atoms with van der Waals surface area (Å²) >= 11 is 0. The summed E-state index contributed by atoms with van der Waals surface area (Å²) in [5, 5.41) is 19.8. The minimum Gasteiger partial charge on any atom is -0.507 e. The van der Waals surface area contributed by atoms with Crippen molar-refractivity contribution in [1.82, 2.24) is 0 Å². The fourth-order valence-corrected chi connectivity index (χ4v) is 1.94. The monoisotopic (exact) mass is 298 g/mol. The second-order valence-corrected chi connectivity index (χ2v) is 4.34. The average Bonchev–Trinajstić information content (AvgIpc) is 2.47. The quantitative estimate of drug-likeness (QED) is 0.655. The molecule has 0 radical (unpaired) electrons. The maximum atomic E-state index is 12.4. The molecule has 0 aliphatic heterocycles. The summed E-state index contributed by atoms with van der Waals surface area (Å²) in [6.07, 6.45) is 6.96. The molecule has 0 saturated carbocycles. The maximum absolute atomic E-state index is 12.4. The highest BCUT2D eigenvalue weighted by Gasteiger charge is 2.18. The van der Waals surface area contributed by atoms with Gasteiger partial charge in [-0.3, -0.25) is 4.79 Å². The summed E-state index contributed by atoms with van der Waals surface area (Å²) in [6.45, 7) is 2.26. The molecule has 2 aromatic carbocycles. The number of carbonyl (C=O) groups is 1. The Balaban J connectivity index is 2.34. The molecule has 5 heteroatoms. The van der Waals surface area contributed by atoms with Crippen molar-refractivity contribution >= 4 is 5.78 Å².